The average molecular weight is 351 g/mol. The van der Waals surface area contributed by atoms with Crippen molar-refractivity contribution in [3.63, 3.8) is 0 Å². The second-order valence-corrected chi connectivity index (χ2v) is 7.84. The van der Waals surface area contributed by atoms with Gasteiger partial charge in [-0.15, -0.1) is 11.3 Å². The van der Waals surface area contributed by atoms with Crippen LogP contribution in [0, 0.1) is 0 Å². The molecular weight excluding hydrogens is 340 g/mol. The Bertz CT molecular complexity index is 578. The highest BCUT2D eigenvalue weighted by Crippen LogP contribution is 2.31. The average Bonchev–Trinajstić information content (AvgIpc) is 2.77. The molecule has 0 aliphatic carbocycles. The number of nitrogens with zero attached hydrogens (tertiary/aromatic N) is 2. The number of carbonyl (C=O) groups excluding carboxylic acids is 1. The van der Waals surface area contributed by atoms with Crippen molar-refractivity contribution in [2.45, 2.75) is 23.1 Å². The van der Waals surface area contributed by atoms with Gasteiger partial charge in [0.05, 0.1) is 6.04 Å². The Kier molecular flexibility index (Phi) is 4.34. The fourth-order valence-corrected chi connectivity index (χ4v) is 5.87. The molecule has 0 aromatic carbocycles. The maximum atomic E-state index is 12.4. The van der Waals surface area contributed by atoms with Crippen LogP contribution in [0.1, 0.15) is 12.8 Å². The number of sulfonamides is 1. The first kappa shape index (κ1) is 13.9. The number of piperidine rings is 1. The number of halogens is 1. The van der Waals surface area contributed by atoms with Crippen molar-refractivity contribution in [1.82, 2.24) is 4.31 Å². The van der Waals surface area contributed by atoms with E-state index in [1.807, 2.05) is 0 Å². The van der Waals surface area contributed by atoms with Crippen LogP contribution in [-0.2, 0) is 14.8 Å². The fourth-order valence-electron chi connectivity index (χ4n) is 1.90. The summed E-state index contributed by atoms with van der Waals surface area (Å²) in [6, 6.07) is 1.44. The molecule has 1 aromatic rings. The topological polar surface area (TPSA) is 66.8 Å². The molecule has 18 heavy (non-hydrogen) atoms. The molecule has 1 aliphatic heterocycles. The molecule has 0 N–H and O–H groups in total. The van der Waals surface area contributed by atoms with Crippen LogP contribution in [0.3, 0.4) is 0 Å². The van der Waals surface area contributed by atoms with Crippen molar-refractivity contribution in [1.29, 1.82) is 0 Å². The molecular formula is C10H11BrN2O3S2. The van der Waals surface area contributed by atoms with E-state index < -0.39 is 10.0 Å². The van der Waals surface area contributed by atoms with Crippen molar-refractivity contribution in [2.75, 3.05) is 13.1 Å². The van der Waals surface area contributed by atoms with Gasteiger partial charge in [-0.3, -0.25) is 0 Å². The number of rotatable bonds is 3. The van der Waals surface area contributed by atoms with Gasteiger partial charge in [0, 0.05) is 17.6 Å². The molecule has 1 atom stereocenters. The lowest BCUT2D eigenvalue weighted by Crippen LogP contribution is -2.41. The molecule has 0 amide bonds. The predicted octanol–water partition coefficient (Wildman–Crippen LogP) is 2.00. The van der Waals surface area contributed by atoms with Crippen LogP contribution in [0.25, 0.3) is 0 Å². The molecule has 2 heterocycles. The standard InChI is InChI=1S/C10H11BrN2O3S2/c11-9-3-5-17-10(9)18(15,16)13-4-1-2-8(6-13)12-7-14/h3,5,8H,1-2,4,6H2. The molecule has 1 aliphatic rings. The van der Waals surface area contributed by atoms with Crippen LogP contribution in [0.2, 0.25) is 0 Å². The third kappa shape index (κ3) is 2.73. The molecule has 8 heteroatoms. The first-order chi connectivity index (χ1) is 8.55. The van der Waals surface area contributed by atoms with Crippen LogP contribution in [0.5, 0.6) is 0 Å². The lowest BCUT2D eigenvalue weighted by atomic mass is 10.1. The van der Waals surface area contributed by atoms with Gasteiger partial charge < -0.3 is 0 Å². The van der Waals surface area contributed by atoms with Crippen molar-refractivity contribution in [3.05, 3.63) is 15.9 Å². The summed E-state index contributed by atoms with van der Waals surface area (Å²) in [5.41, 5.74) is 0. The van der Waals surface area contributed by atoms with Crippen LogP contribution in [-0.4, -0.2) is 37.9 Å². The lowest BCUT2D eigenvalue weighted by Gasteiger charge is -2.28. The smallest absolute Gasteiger partial charge is 0.211 e. The van der Waals surface area contributed by atoms with Gasteiger partial charge in [0.15, 0.2) is 0 Å². The molecule has 1 fully saturated rings. The number of hydrogen-bond acceptors (Lipinski definition) is 5. The van der Waals surface area contributed by atoms with Gasteiger partial charge in [0.25, 0.3) is 10.0 Å². The van der Waals surface area contributed by atoms with Gasteiger partial charge >= 0.3 is 0 Å². The van der Waals surface area contributed by atoms with Crippen LogP contribution >= 0.6 is 27.3 Å². The van der Waals surface area contributed by atoms with Gasteiger partial charge in [0.2, 0.25) is 6.08 Å². The molecule has 0 radical (unpaired) electrons. The second kappa shape index (κ2) is 5.63. The summed E-state index contributed by atoms with van der Waals surface area (Å²) in [7, 11) is -3.49. The number of aliphatic imine (C=N–C) groups is 1. The lowest BCUT2D eigenvalue weighted by molar-refractivity contribution is 0.317. The third-order valence-electron chi connectivity index (χ3n) is 2.75. The normalized spacial score (nSPS) is 21.5. The van der Waals surface area contributed by atoms with Gasteiger partial charge in [-0.25, -0.2) is 18.2 Å². The number of thiophene rings is 1. The Morgan fingerprint density at radius 2 is 2.33 bits per heavy atom. The maximum Gasteiger partial charge on any atom is 0.253 e. The summed E-state index contributed by atoms with van der Waals surface area (Å²) in [4.78, 5) is 13.9. The predicted molar refractivity (Wildman–Crippen MR) is 71.9 cm³/mol. The highest BCUT2D eigenvalue weighted by atomic mass is 79.9. The minimum atomic E-state index is -3.49. The fraction of sp³-hybridized carbons (Fsp3) is 0.500. The minimum absolute atomic E-state index is 0.252. The Balaban J connectivity index is 2.25. The molecule has 0 bridgehead atoms. The first-order valence-electron chi connectivity index (χ1n) is 5.36. The van der Waals surface area contributed by atoms with Gasteiger partial charge in [-0.05, 0) is 40.2 Å². The van der Waals surface area contributed by atoms with Crippen LogP contribution < -0.4 is 0 Å². The van der Waals surface area contributed by atoms with E-state index in [-0.39, 0.29) is 12.6 Å². The molecule has 0 saturated carbocycles. The van der Waals surface area contributed by atoms with Gasteiger partial charge in [0.1, 0.15) is 4.21 Å². The molecule has 5 nitrogen and oxygen atoms in total. The van der Waals surface area contributed by atoms with Crippen LogP contribution in [0.4, 0.5) is 0 Å². The van der Waals surface area contributed by atoms with Crippen molar-refractivity contribution in [2.24, 2.45) is 4.99 Å². The second-order valence-electron chi connectivity index (χ2n) is 3.94. The third-order valence-corrected chi connectivity index (χ3v) is 7.27. The van der Waals surface area contributed by atoms with E-state index in [0.29, 0.717) is 21.6 Å². The monoisotopic (exact) mass is 350 g/mol. The Hall–Kier alpha value is -0.530. The summed E-state index contributed by atoms with van der Waals surface area (Å²) < 4.78 is 27.0. The zero-order valence-corrected chi connectivity index (χ0v) is 12.6. The molecule has 1 aromatic heterocycles. The quantitative estimate of drug-likeness (QED) is 0.618. The van der Waals surface area contributed by atoms with E-state index in [1.54, 1.807) is 11.4 Å². The summed E-state index contributed by atoms with van der Waals surface area (Å²) in [6.07, 6.45) is 2.94. The first-order valence-corrected chi connectivity index (χ1v) is 8.47. The van der Waals surface area contributed by atoms with Gasteiger partial charge in [-0.1, -0.05) is 0 Å². The largest absolute Gasteiger partial charge is 0.253 e. The zero-order valence-electron chi connectivity index (χ0n) is 9.37. The molecule has 2 rings (SSSR count). The Labute approximate surface area is 118 Å². The highest BCUT2D eigenvalue weighted by molar-refractivity contribution is 9.10. The Morgan fingerprint density at radius 3 is 2.94 bits per heavy atom. The number of isocyanates is 1. The summed E-state index contributed by atoms with van der Waals surface area (Å²) in [5, 5.41) is 1.72. The van der Waals surface area contributed by atoms with E-state index >= 15 is 0 Å². The van der Waals surface area contributed by atoms with Crippen molar-refractivity contribution < 1.29 is 13.2 Å². The number of hydrogen-bond donors (Lipinski definition) is 0. The van der Waals surface area contributed by atoms with Crippen LogP contribution in [0.15, 0.2) is 25.1 Å². The minimum Gasteiger partial charge on any atom is -0.211 e. The Morgan fingerprint density at radius 1 is 1.56 bits per heavy atom. The van der Waals surface area contributed by atoms with E-state index in [2.05, 4.69) is 20.9 Å². The molecule has 1 unspecified atom stereocenters. The van der Waals surface area contributed by atoms with Gasteiger partial charge in [-0.2, -0.15) is 4.31 Å². The summed E-state index contributed by atoms with van der Waals surface area (Å²) in [6.45, 7) is 0.722. The SMILES string of the molecule is O=C=NC1CCCN(S(=O)(=O)c2sccc2Br)C1. The molecule has 0 spiro atoms. The molecule has 1 saturated heterocycles. The van der Waals surface area contributed by atoms with Crippen molar-refractivity contribution in [3.8, 4) is 0 Å². The van der Waals surface area contributed by atoms with E-state index in [9.17, 15) is 13.2 Å². The van der Waals surface area contributed by atoms with E-state index in [4.69, 9.17) is 0 Å². The zero-order chi connectivity index (χ0) is 13.2. The highest BCUT2D eigenvalue weighted by Gasteiger charge is 2.32. The van der Waals surface area contributed by atoms with E-state index in [0.717, 1.165) is 6.42 Å². The maximum absolute atomic E-state index is 12.4. The van der Waals surface area contributed by atoms with E-state index in [1.165, 1.54) is 21.7 Å². The van der Waals surface area contributed by atoms with Crippen molar-refractivity contribution >= 4 is 43.4 Å². The summed E-state index contributed by atoms with van der Waals surface area (Å²) >= 11 is 4.41. The molecule has 98 valence electrons. The summed E-state index contributed by atoms with van der Waals surface area (Å²) in [5.74, 6) is 0.